The number of halogens is 3. The van der Waals surface area contributed by atoms with Crippen LogP contribution in [0.15, 0.2) is 40.9 Å². The van der Waals surface area contributed by atoms with Gasteiger partial charge in [0.25, 0.3) is 5.91 Å². The van der Waals surface area contributed by atoms with E-state index in [0.717, 1.165) is 0 Å². The Hall–Kier alpha value is -1.99. The summed E-state index contributed by atoms with van der Waals surface area (Å²) in [5, 5.41) is 2.37. The fraction of sp³-hybridized carbons (Fsp3) is 0. The van der Waals surface area contributed by atoms with E-state index in [0.29, 0.717) is 17.3 Å². The molecule has 0 aromatic heterocycles. The van der Waals surface area contributed by atoms with Gasteiger partial charge < -0.3 is 10.7 Å². The summed E-state index contributed by atoms with van der Waals surface area (Å²) in [6.07, 6.45) is 0. The number of nitrogen functional groups attached to an aromatic ring is 1. The summed E-state index contributed by atoms with van der Waals surface area (Å²) in [5.41, 5.74) is 3.28. The Kier molecular flexibility index (Phi) is 4.31. The lowest BCUT2D eigenvalue weighted by Gasteiger charge is -2.08. The van der Waals surface area contributed by atoms with Crippen molar-refractivity contribution in [2.75, 3.05) is 10.7 Å². The third kappa shape index (κ3) is 3.12. The Morgan fingerprint density at radius 1 is 1.10 bits per heavy atom. The summed E-state index contributed by atoms with van der Waals surface area (Å²) in [6, 6.07) is 8.12. The molecule has 0 fully saturated rings. The van der Waals surface area contributed by atoms with Gasteiger partial charge in [-0.2, -0.15) is 0 Å². The molecule has 4 N–H and O–H groups in total. The van der Waals surface area contributed by atoms with E-state index in [-0.39, 0.29) is 10.2 Å². The van der Waals surface area contributed by atoms with E-state index in [2.05, 4.69) is 26.7 Å². The van der Waals surface area contributed by atoms with Crippen molar-refractivity contribution in [3.63, 3.8) is 0 Å². The highest BCUT2D eigenvalue weighted by Crippen LogP contribution is 2.24. The number of carbonyl (C=O) groups is 1. The Labute approximate surface area is 122 Å². The molecule has 0 spiro atoms. The van der Waals surface area contributed by atoms with Crippen molar-refractivity contribution in [1.29, 1.82) is 0 Å². The number of hydrazine groups is 1. The third-order valence-corrected chi connectivity index (χ3v) is 3.18. The van der Waals surface area contributed by atoms with E-state index in [9.17, 15) is 13.6 Å². The highest BCUT2D eigenvalue weighted by atomic mass is 79.9. The molecule has 0 heterocycles. The predicted octanol–water partition coefficient (Wildman–Crippen LogP) is 3.27. The van der Waals surface area contributed by atoms with E-state index in [1.165, 1.54) is 18.2 Å². The molecule has 2 aromatic carbocycles. The van der Waals surface area contributed by atoms with Crippen LogP contribution in [0, 0.1) is 11.6 Å². The first kappa shape index (κ1) is 14.4. The number of nitrogens with two attached hydrogens (primary N) is 1. The largest absolute Gasteiger partial charge is 0.324 e. The summed E-state index contributed by atoms with van der Waals surface area (Å²) in [4.78, 5) is 11.9. The fourth-order valence-corrected chi connectivity index (χ4v) is 1.87. The zero-order valence-corrected chi connectivity index (χ0v) is 11.7. The molecule has 20 heavy (non-hydrogen) atoms. The van der Waals surface area contributed by atoms with Crippen LogP contribution in [0.4, 0.5) is 20.2 Å². The maximum absolute atomic E-state index is 13.5. The van der Waals surface area contributed by atoms with Gasteiger partial charge in [0.2, 0.25) is 0 Å². The SMILES string of the molecule is NNc1ccc(C(=O)Nc2cc(Br)c(F)cc2F)cc1. The molecule has 0 aliphatic carbocycles. The Morgan fingerprint density at radius 3 is 2.35 bits per heavy atom. The van der Waals surface area contributed by atoms with Crippen LogP contribution in [0.5, 0.6) is 0 Å². The molecule has 4 nitrogen and oxygen atoms in total. The summed E-state index contributed by atoms with van der Waals surface area (Å²) < 4.78 is 26.7. The topological polar surface area (TPSA) is 67.1 Å². The molecule has 0 bridgehead atoms. The van der Waals surface area contributed by atoms with Crippen molar-refractivity contribution in [2.45, 2.75) is 0 Å². The number of amides is 1. The van der Waals surface area contributed by atoms with Crippen molar-refractivity contribution in [2.24, 2.45) is 5.84 Å². The lowest BCUT2D eigenvalue weighted by Crippen LogP contribution is -2.13. The first-order chi connectivity index (χ1) is 9.51. The summed E-state index contributed by atoms with van der Waals surface area (Å²) in [7, 11) is 0. The molecule has 0 aliphatic rings. The van der Waals surface area contributed by atoms with E-state index in [1.54, 1.807) is 12.1 Å². The minimum absolute atomic E-state index is 0.0666. The molecule has 0 saturated heterocycles. The van der Waals surface area contributed by atoms with E-state index >= 15 is 0 Å². The molecule has 7 heteroatoms. The molecule has 0 saturated carbocycles. The van der Waals surface area contributed by atoms with Gasteiger partial charge in [0.1, 0.15) is 11.6 Å². The summed E-state index contributed by atoms with van der Waals surface area (Å²) >= 11 is 2.93. The normalized spacial score (nSPS) is 10.2. The third-order valence-electron chi connectivity index (χ3n) is 2.57. The van der Waals surface area contributed by atoms with Crippen LogP contribution in [0.3, 0.4) is 0 Å². The van der Waals surface area contributed by atoms with Gasteiger partial charge in [-0.1, -0.05) is 0 Å². The standard InChI is InChI=1S/C13H10BrF2N3O/c14-9-5-12(11(16)6-10(9)15)18-13(20)7-1-3-8(19-17)4-2-7/h1-6,19H,17H2,(H,18,20). The van der Waals surface area contributed by atoms with Crippen LogP contribution in [0.25, 0.3) is 0 Å². The van der Waals surface area contributed by atoms with Crippen LogP contribution in [-0.4, -0.2) is 5.91 Å². The number of hydrogen-bond acceptors (Lipinski definition) is 3. The second-order valence-corrected chi connectivity index (χ2v) is 4.78. The average Bonchev–Trinajstić information content (AvgIpc) is 2.44. The van der Waals surface area contributed by atoms with Crippen molar-refractivity contribution in [1.82, 2.24) is 0 Å². The molecular weight excluding hydrogens is 332 g/mol. The summed E-state index contributed by atoms with van der Waals surface area (Å²) in [6.45, 7) is 0. The van der Waals surface area contributed by atoms with Crippen molar-refractivity contribution >= 4 is 33.2 Å². The molecular formula is C13H10BrF2N3O. The quantitative estimate of drug-likeness (QED) is 0.456. The van der Waals surface area contributed by atoms with E-state index in [4.69, 9.17) is 5.84 Å². The smallest absolute Gasteiger partial charge is 0.255 e. The van der Waals surface area contributed by atoms with Crippen LogP contribution in [0.1, 0.15) is 10.4 Å². The lowest BCUT2D eigenvalue weighted by molar-refractivity contribution is 0.102. The molecule has 0 radical (unpaired) electrons. The molecule has 1 amide bonds. The monoisotopic (exact) mass is 341 g/mol. The van der Waals surface area contributed by atoms with Gasteiger partial charge in [-0.15, -0.1) is 0 Å². The number of hydrogen-bond donors (Lipinski definition) is 3. The van der Waals surface area contributed by atoms with Gasteiger partial charge in [0, 0.05) is 17.3 Å². The number of carbonyl (C=O) groups excluding carboxylic acids is 1. The highest BCUT2D eigenvalue weighted by molar-refractivity contribution is 9.10. The highest BCUT2D eigenvalue weighted by Gasteiger charge is 2.12. The number of benzene rings is 2. The number of anilines is 2. The van der Waals surface area contributed by atoms with Gasteiger partial charge in [0.05, 0.1) is 10.2 Å². The van der Waals surface area contributed by atoms with Gasteiger partial charge in [0.15, 0.2) is 0 Å². The molecule has 0 aliphatic heterocycles. The van der Waals surface area contributed by atoms with Crippen molar-refractivity contribution in [3.8, 4) is 0 Å². The molecule has 2 aromatic rings. The van der Waals surface area contributed by atoms with Crippen LogP contribution in [0.2, 0.25) is 0 Å². The maximum Gasteiger partial charge on any atom is 0.255 e. The minimum atomic E-state index is -0.848. The molecule has 0 atom stereocenters. The lowest BCUT2D eigenvalue weighted by atomic mass is 10.2. The fourth-order valence-electron chi connectivity index (χ4n) is 1.53. The zero-order chi connectivity index (χ0) is 14.7. The Balaban J connectivity index is 2.20. The van der Waals surface area contributed by atoms with Gasteiger partial charge in [-0.3, -0.25) is 10.6 Å². The van der Waals surface area contributed by atoms with E-state index < -0.39 is 17.5 Å². The minimum Gasteiger partial charge on any atom is -0.324 e. The number of rotatable bonds is 3. The molecule has 2 rings (SSSR count). The molecule has 104 valence electrons. The average molecular weight is 342 g/mol. The van der Waals surface area contributed by atoms with Gasteiger partial charge in [-0.05, 0) is 46.3 Å². The summed E-state index contributed by atoms with van der Waals surface area (Å²) in [5.74, 6) is 3.12. The first-order valence-electron chi connectivity index (χ1n) is 5.54. The van der Waals surface area contributed by atoms with Crippen molar-refractivity contribution < 1.29 is 13.6 Å². The second kappa shape index (κ2) is 5.98. The number of nitrogens with one attached hydrogen (secondary N) is 2. The predicted molar refractivity (Wildman–Crippen MR) is 76.3 cm³/mol. The molecule has 0 unspecified atom stereocenters. The van der Waals surface area contributed by atoms with Gasteiger partial charge in [-0.25, -0.2) is 8.78 Å². The van der Waals surface area contributed by atoms with E-state index in [1.807, 2.05) is 0 Å². The first-order valence-corrected chi connectivity index (χ1v) is 6.33. The zero-order valence-electron chi connectivity index (χ0n) is 10.1. The maximum atomic E-state index is 13.5. The van der Waals surface area contributed by atoms with Crippen LogP contribution in [-0.2, 0) is 0 Å². The second-order valence-electron chi connectivity index (χ2n) is 3.92. The van der Waals surface area contributed by atoms with Gasteiger partial charge >= 0.3 is 0 Å². The van der Waals surface area contributed by atoms with Crippen molar-refractivity contribution in [3.05, 3.63) is 58.1 Å². The Morgan fingerprint density at radius 2 is 1.75 bits per heavy atom. The van der Waals surface area contributed by atoms with Crippen LogP contribution >= 0.6 is 15.9 Å². The Bertz CT molecular complexity index is 647. The van der Waals surface area contributed by atoms with Crippen LogP contribution < -0.4 is 16.6 Å².